The fourth-order valence-corrected chi connectivity index (χ4v) is 3.04. The summed E-state index contributed by atoms with van der Waals surface area (Å²) in [6.45, 7) is 9.22. The zero-order chi connectivity index (χ0) is 15.8. The SMILES string of the molecule is CC(C)C(C)(C)CNC(=O)c1sc2ccc(Cl)cc2c1N. The number of carbonyl (C=O) groups is 1. The van der Waals surface area contributed by atoms with Crippen molar-refractivity contribution in [1.29, 1.82) is 0 Å². The number of nitrogens with two attached hydrogens (primary N) is 1. The molecule has 5 heteroatoms. The van der Waals surface area contributed by atoms with Crippen LogP contribution in [0.4, 0.5) is 5.69 Å². The van der Waals surface area contributed by atoms with Gasteiger partial charge < -0.3 is 11.1 Å². The highest BCUT2D eigenvalue weighted by atomic mass is 35.5. The van der Waals surface area contributed by atoms with Crippen molar-refractivity contribution in [2.45, 2.75) is 27.7 Å². The van der Waals surface area contributed by atoms with Crippen molar-refractivity contribution >= 4 is 44.6 Å². The molecule has 0 radical (unpaired) electrons. The van der Waals surface area contributed by atoms with Crippen LogP contribution < -0.4 is 11.1 Å². The number of benzene rings is 1. The van der Waals surface area contributed by atoms with Crippen molar-refractivity contribution in [3.8, 4) is 0 Å². The Bertz CT molecular complexity index is 676. The van der Waals surface area contributed by atoms with E-state index in [4.69, 9.17) is 17.3 Å². The van der Waals surface area contributed by atoms with Crippen LogP contribution in [0.3, 0.4) is 0 Å². The number of rotatable bonds is 4. The maximum atomic E-state index is 12.4. The maximum Gasteiger partial charge on any atom is 0.263 e. The molecule has 0 spiro atoms. The highest BCUT2D eigenvalue weighted by molar-refractivity contribution is 7.21. The average molecular weight is 325 g/mol. The quantitative estimate of drug-likeness (QED) is 0.866. The zero-order valence-corrected chi connectivity index (χ0v) is 14.4. The van der Waals surface area contributed by atoms with Crippen LogP contribution in [0, 0.1) is 11.3 Å². The highest BCUT2D eigenvalue weighted by Gasteiger charge is 2.24. The second kappa shape index (κ2) is 5.85. The van der Waals surface area contributed by atoms with Gasteiger partial charge in [0.1, 0.15) is 4.88 Å². The molecular formula is C16H21ClN2OS. The summed E-state index contributed by atoms with van der Waals surface area (Å²) in [5.41, 5.74) is 6.66. The van der Waals surface area contributed by atoms with E-state index in [1.807, 2.05) is 12.1 Å². The van der Waals surface area contributed by atoms with Crippen molar-refractivity contribution < 1.29 is 4.79 Å². The number of hydrogen-bond donors (Lipinski definition) is 2. The van der Waals surface area contributed by atoms with E-state index in [1.165, 1.54) is 11.3 Å². The molecule has 0 fully saturated rings. The minimum absolute atomic E-state index is 0.0460. The number of hydrogen-bond acceptors (Lipinski definition) is 3. The minimum atomic E-state index is -0.112. The van der Waals surface area contributed by atoms with Gasteiger partial charge >= 0.3 is 0 Å². The first-order valence-corrected chi connectivity index (χ1v) is 8.17. The Morgan fingerprint density at radius 1 is 1.43 bits per heavy atom. The molecule has 21 heavy (non-hydrogen) atoms. The fourth-order valence-electron chi connectivity index (χ4n) is 1.85. The second-order valence-corrected chi connectivity index (χ2v) is 7.80. The smallest absolute Gasteiger partial charge is 0.263 e. The Hall–Kier alpha value is -1.26. The Kier molecular flexibility index (Phi) is 4.49. The topological polar surface area (TPSA) is 55.1 Å². The first kappa shape index (κ1) is 16.1. The first-order chi connectivity index (χ1) is 9.72. The monoisotopic (exact) mass is 324 g/mol. The van der Waals surface area contributed by atoms with Gasteiger partial charge in [-0.25, -0.2) is 0 Å². The third-order valence-corrected chi connectivity index (χ3v) is 5.58. The molecule has 0 unspecified atom stereocenters. The largest absolute Gasteiger partial charge is 0.397 e. The van der Waals surface area contributed by atoms with E-state index in [2.05, 4.69) is 33.0 Å². The number of fused-ring (bicyclic) bond motifs is 1. The van der Waals surface area contributed by atoms with E-state index in [1.54, 1.807) is 6.07 Å². The Morgan fingerprint density at radius 3 is 2.71 bits per heavy atom. The van der Waals surface area contributed by atoms with Gasteiger partial charge in [-0.15, -0.1) is 11.3 Å². The summed E-state index contributed by atoms with van der Waals surface area (Å²) in [6, 6.07) is 5.51. The number of nitrogens with one attached hydrogen (secondary N) is 1. The van der Waals surface area contributed by atoms with Crippen LogP contribution in [0.1, 0.15) is 37.4 Å². The third-order valence-electron chi connectivity index (χ3n) is 4.16. The van der Waals surface area contributed by atoms with Crippen molar-refractivity contribution in [2.75, 3.05) is 12.3 Å². The van der Waals surface area contributed by atoms with Gasteiger partial charge in [0.2, 0.25) is 0 Å². The number of nitrogen functional groups attached to an aromatic ring is 1. The summed E-state index contributed by atoms with van der Waals surface area (Å²) in [4.78, 5) is 12.9. The van der Waals surface area contributed by atoms with Crippen molar-refractivity contribution in [1.82, 2.24) is 5.32 Å². The number of amides is 1. The molecule has 1 amide bonds. The van der Waals surface area contributed by atoms with Gasteiger partial charge in [-0.05, 0) is 29.5 Å². The molecule has 0 aliphatic carbocycles. The van der Waals surface area contributed by atoms with Crippen LogP contribution in [-0.4, -0.2) is 12.5 Å². The number of carbonyl (C=O) groups excluding carboxylic acids is 1. The second-order valence-electron chi connectivity index (χ2n) is 6.31. The van der Waals surface area contributed by atoms with Crippen LogP contribution in [-0.2, 0) is 0 Å². The molecule has 3 nitrogen and oxygen atoms in total. The summed E-state index contributed by atoms with van der Waals surface area (Å²) in [7, 11) is 0. The van der Waals surface area contributed by atoms with E-state index in [9.17, 15) is 4.79 Å². The lowest BCUT2D eigenvalue weighted by atomic mass is 9.81. The molecule has 0 aliphatic rings. The van der Waals surface area contributed by atoms with E-state index in [0.717, 1.165) is 10.1 Å². The predicted octanol–water partition coefficient (Wildman–Crippen LogP) is 4.55. The average Bonchev–Trinajstić information content (AvgIpc) is 2.73. The molecule has 2 rings (SSSR count). The fraction of sp³-hybridized carbons (Fsp3) is 0.438. The summed E-state index contributed by atoms with van der Waals surface area (Å²) < 4.78 is 0.977. The molecule has 0 aliphatic heterocycles. The van der Waals surface area contributed by atoms with Gasteiger partial charge in [0.15, 0.2) is 0 Å². The molecule has 1 heterocycles. The van der Waals surface area contributed by atoms with E-state index in [0.29, 0.717) is 28.0 Å². The number of anilines is 1. The molecule has 2 aromatic rings. The van der Waals surface area contributed by atoms with Gasteiger partial charge in [0.05, 0.1) is 5.69 Å². The van der Waals surface area contributed by atoms with Crippen molar-refractivity contribution in [3.05, 3.63) is 28.1 Å². The molecule has 0 saturated heterocycles. The van der Waals surface area contributed by atoms with E-state index in [-0.39, 0.29) is 11.3 Å². The first-order valence-electron chi connectivity index (χ1n) is 6.98. The van der Waals surface area contributed by atoms with Crippen LogP contribution in [0.5, 0.6) is 0 Å². The normalized spacial score (nSPS) is 12.1. The molecular weight excluding hydrogens is 304 g/mol. The number of thiophene rings is 1. The third kappa shape index (κ3) is 3.33. The lowest BCUT2D eigenvalue weighted by Gasteiger charge is -2.29. The van der Waals surface area contributed by atoms with Crippen molar-refractivity contribution in [3.63, 3.8) is 0 Å². The molecule has 0 saturated carbocycles. The summed E-state index contributed by atoms with van der Waals surface area (Å²) in [5, 5.41) is 4.47. The zero-order valence-electron chi connectivity index (χ0n) is 12.8. The standard InChI is InChI=1S/C16H21ClN2OS/c1-9(2)16(3,4)8-19-15(20)14-13(18)11-7-10(17)5-6-12(11)21-14/h5-7,9H,8,18H2,1-4H3,(H,19,20). The summed E-state index contributed by atoms with van der Waals surface area (Å²) in [5.74, 6) is 0.370. The van der Waals surface area contributed by atoms with Gasteiger partial charge in [-0.3, -0.25) is 4.79 Å². The van der Waals surface area contributed by atoms with E-state index < -0.39 is 0 Å². The molecule has 1 aromatic heterocycles. The molecule has 0 bridgehead atoms. The lowest BCUT2D eigenvalue weighted by Crippen LogP contribution is -2.36. The Morgan fingerprint density at radius 2 is 2.10 bits per heavy atom. The van der Waals surface area contributed by atoms with Crippen LogP contribution in [0.25, 0.3) is 10.1 Å². The predicted molar refractivity (Wildman–Crippen MR) is 92.2 cm³/mol. The van der Waals surface area contributed by atoms with Crippen LogP contribution >= 0.6 is 22.9 Å². The lowest BCUT2D eigenvalue weighted by molar-refractivity contribution is 0.0930. The summed E-state index contributed by atoms with van der Waals surface area (Å²) >= 11 is 7.39. The Balaban J connectivity index is 2.22. The molecule has 1 aromatic carbocycles. The minimum Gasteiger partial charge on any atom is -0.397 e. The van der Waals surface area contributed by atoms with Gasteiger partial charge in [-0.1, -0.05) is 39.3 Å². The van der Waals surface area contributed by atoms with E-state index >= 15 is 0 Å². The molecule has 3 N–H and O–H groups in total. The Labute approximate surface area is 134 Å². The highest BCUT2D eigenvalue weighted by Crippen LogP contribution is 2.35. The number of halogens is 1. The molecule has 0 atom stereocenters. The van der Waals surface area contributed by atoms with Crippen LogP contribution in [0.15, 0.2) is 18.2 Å². The van der Waals surface area contributed by atoms with Crippen molar-refractivity contribution in [2.24, 2.45) is 11.3 Å². The van der Waals surface area contributed by atoms with Gasteiger partial charge in [-0.2, -0.15) is 0 Å². The van der Waals surface area contributed by atoms with Gasteiger partial charge in [0, 0.05) is 21.7 Å². The summed E-state index contributed by atoms with van der Waals surface area (Å²) in [6.07, 6.45) is 0. The molecule has 114 valence electrons. The van der Waals surface area contributed by atoms with Crippen LogP contribution in [0.2, 0.25) is 5.02 Å². The maximum absolute atomic E-state index is 12.4. The van der Waals surface area contributed by atoms with Gasteiger partial charge in [0.25, 0.3) is 5.91 Å².